The molecule has 98 valence electrons. The summed E-state index contributed by atoms with van der Waals surface area (Å²) in [5.41, 5.74) is 0. The SMILES string of the molecule is C=CC(=O)OCCOC1CCC(CCC)CC1. The molecule has 1 aliphatic rings. The van der Waals surface area contributed by atoms with Gasteiger partial charge in [0.25, 0.3) is 0 Å². The molecule has 0 heterocycles. The van der Waals surface area contributed by atoms with E-state index in [1.807, 2.05) is 0 Å². The maximum atomic E-state index is 10.8. The summed E-state index contributed by atoms with van der Waals surface area (Å²) in [6.07, 6.45) is 9.05. The van der Waals surface area contributed by atoms with E-state index in [1.165, 1.54) is 31.8 Å². The lowest BCUT2D eigenvalue weighted by Gasteiger charge is -2.28. The number of ether oxygens (including phenoxy) is 2. The molecule has 0 aromatic heterocycles. The number of rotatable bonds is 7. The van der Waals surface area contributed by atoms with Gasteiger partial charge in [-0.15, -0.1) is 0 Å². The lowest BCUT2D eigenvalue weighted by atomic mass is 9.85. The van der Waals surface area contributed by atoms with Crippen molar-refractivity contribution in [2.75, 3.05) is 13.2 Å². The molecule has 1 fully saturated rings. The van der Waals surface area contributed by atoms with Crippen LogP contribution in [-0.2, 0) is 14.3 Å². The van der Waals surface area contributed by atoms with Crippen LogP contribution in [0.1, 0.15) is 45.4 Å². The largest absolute Gasteiger partial charge is 0.460 e. The van der Waals surface area contributed by atoms with E-state index in [9.17, 15) is 4.79 Å². The Labute approximate surface area is 104 Å². The van der Waals surface area contributed by atoms with Crippen molar-refractivity contribution >= 4 is 5.97 Å². The Bertz CT molecular complexity index is 230. The van der Waals surface area contributed by atoms with E-state index in [0.29, 0.717) is 19.3 Å². The predicted octanol–water partition coefficient (Wildman–Crippen LogP) is 3.09. The van der Waals surface area contributed by atoms with Crippen molar-refractivity contribution in [2.45, 2.75) is 51.6 Å². The number of carbonyl (C=O) groups is 1. The molecule has 0 aromatic carbocycles. The summed E-state index contributed by atoms with van der Waals surface area (Å²) >= 11 is 0. The quantitative estimate of drug-likeness (QED) is 0.390. The van der Waals surface area contributed by atoms with E-state index in [1.54, 1.807) is 0 Å². The fraction of sp³-hybridized carbons (Fsp3) is 0.786. The van der Waals surface area contributed by atoms with Gasteiger partial charge in [-0.2, -0.15) is 0 Å². The zero-order valence-corrected chi connectivity index (χ0v) is 10.8. The highest BCUT2D eigenvalue weighted by Crippen LogP contribution is 2.29. The minimum Gasteiger partial charge on any atom is -0.460 e. The summed E-state index contributed by atoms with van der Waals surface area (Å²) in [5.74, 6) is 0.527. The van der Waals surface area contributed by atoms with Crippen LogP contribution >= 0.6 is 0 Å². The highest BCUT2D eigenvalue weighted by molar-refractivity contribution is 5.81. The van der Waals surface area contributed by atoms with Crippen LogP contribution in [0.2, 0.25) is 0 Å². The van der Waals surface area contributed by atoms with Gasteiger partial charge in [-0.3, -0.25) is 0 Å². The van der Waals surface area contributed by atoms with Gasteiger partial charge in [-0.25, -0.2) is 4.79 Å². The molecule has 0 atom stereocenters. The van der Waals surface area contributed by atoms with Gasteiger partial charge >= 0.3 is 5.97 Å². The molecule has 0 radical (unpaired) electrons. The summed E-state index contributed by atoms with van der Waals surface area (Å²) in [7, 11) is 0. The molecule has 17 heavy (non-hydrogen) atoms. The summed E-state index contributed by atoms with van der Waals surface area (Å²) in [4.78, 5) is 10.8. The van der Waals surface area contributed by atoms with Crippen molar-refractivity contribution in [1.29, 1.82) is 0 Å². The van der Waals surface area contributed by atoms with Gasteiger partial charge in [-0.1, -0.05) is 26.3 Å². The van der Waals surface area contributed by atoms with Gasteiger partial charge in [0.2, 0.25) is 0 Å². The van der Waals surface area contributed by atoms with E-state index >= 15 is 0 Å². The molecule has 0 aliphatic heterocycles. The molecule has 0 N–H and O–H groups in total. The van der Waals surface area contributed by atoms with Crippen LogP contribution in [-0.4, -0.2) is 25.3 Å². The van der Waals surface area contributed by atoms with E-state index in [4.69, 9.17) is 9.47 Å². The van der Waals surface area contributed by atoms with E-state index in [0.717, 1.165) is 18.8 Å². The smallest absolute Gasteiger partial charge is 0.330 e. The lowest BCUT2D eigenvalue weighted by Crippen LogP contribution is -2.23. The van der Waals surface area contributed by atoms with Gasteiger partial charge in [0.05, 0.1) is 12.7 Å². The molecular weight excluding hydrogens is 216 g/mol. The monoisotopic (exact) mass is 240 g/mol. The Morgan fingerprint density at radius 2 is 2.00 bits per heavy atom. The highest BCUT2D eigenvalue weighted by atomic mass is 16.6. The van der Waals surface area contributed by atoms with Crippen LogP contribution in [0.15, 0.2) is 12.7 Å². The van der Waals surface area contributed by atoms with Gasteiger partial charge in [0.1, 0.15) is 6.61 Å². The van der Waals surface area contributed by atoms with Gasteiger partial charge in [0, 0.05) is 6.08 Å². The summed E-state index contributed by atoms with van der Waals surface area (Å²) in [5, 5.41) is 0. The third-order valence-corrected chi connectivity index (χ3v) is 3.34. The molecule has 0 amide bonds. The van der Waals surface area contributed by atoms with Crippen molar-refractivity contribution in [2.24, 2.45) is 5.92 Å². The maximum Gasteiger partial charge on any atom is 0.330 e. The molecule has 1 saturated carbocycles. The zero-order chi connectivity index (χ0) is 12.5. The first-order chi connectivity index (χ1) is 8.26. The minimum atomic E-state index is -0.375. The fourth-order valence-electron chi connectivity index (χ4n) is 2.41. The average Bonchev–Trinajstić information content (AvgIpc) is 2.36. The first kappa shape index (κ1) is 14.2. The molecule has 0 unspecified atom stereocenters. The lowest BCUT2D eigenvalue weighted by molar-refractivity contribution is -0.140. The van der Waals surface area contributed by atoms with E-state index in [-0.39, 0.29) is 5.97 Å². The van der Waals surface area contributed by atoms with E-state index < -0.39 is 0 Å². The minimum absolute atomic E-state index is 0.333. The van der Waals surface area contributed by atoms with Crippen molar-refractivity contribution in [3.63, 3.8) is 0 Å². The molecule has 0 bridgehead atoms. The molecule has 1 rings (SSSR count). The van der Waals surface area contributed by atoms with Gasteiger partial charge in [0.15, 0.2) is 0 Å². The van der Waals surface area contributed by atoms with Crippen LogP contribution in [0.4, 0.5) is 0 Å². The standard InChI is InChI=1S/C14H24O3/c1-3-5-12-6-8-13(9-7-12)16-10-11-17-14(15)4-2/h4,12-13H,2-3,5-11H2,1H3. The molecule has 1 aliphatic carbocycles. The molecule has 3 heteroatoms. The molecular formula is C14H24O3. The van der Waals surface area contributed by atoms with Gasteiger partial charge in [-0.05, 0) is 31.6 Å². The number of esters is 1. The second-order valence-electron chi connectivity index (χ2n) is 4.67. The second kappa shape index (κ2) is 8.29. The second-order valence-corrected chi connectivity index (χ2v) is 4.67. The average molecular weight is 240 g/mol. The Kier molecular flexibility index (Phi) is 6.94. The van der Waals surface area contributed by atoms with Crippen LogP contribution in [0.5, 0.6) is 0 Å². The van der Waals surface area contributed by atoms with Crippen molar-refractivity contribution in [3.8, 4) is 0 Å². The number of carbonyl (C=O) groups excluding carboxylic acids is 1. The Hall–Kier alpha value is -0.830. The Balaban J connectivity index is 2.02. The summed E-state index contributed by atoms with van der Waals surface area (Å²) in [6.45, 7) is 6.42. The topological polar surface area (TPSA) is 35.5 Å². The van der Waals surface area contributed by atoms with Crippen molar-refractivity contribution in [1.82, 2.24) is 0 Å². The first-order valence-corrected chi connectivity index (χ1v) is 6.67. The fourth-order valence-corrected chi connectivity index (χ4v) is 2.41. The third-order valence-electron chi connectivity index (χ3n) is 3.34. The normalized spacial score (nSPS) is 24.3. The maximum absolute atomic E-state index is 10.8. The van der Waals surface area contributed by atoms with Crippen LogP contribution in [0.25, 0.3) is 0 Å². The van der Waals surface area contributed by atoms with Gasteiger partial charge < -0.3 is 9.47 Å². The van der Waals surface area contributed by atoms with Crippen LogP contribution in [0.3, 0.4) is 0 Å². The van der Waals surface area contributed by atoms with Crippen molar-refractivity contribution < 1.29 is 14.3 Å². The molecule has 0 spiro atoms. The third kappa shape index (κ3) is 5.87. The first-order valence-electron chi connectivity index (χ1n) is 6.67. The summed E-state index contributed by atoms with van der Waals surface area (Å²) < 4.78 is 10.6. The predicted molar refractivity (Wildman–Crippen MR) is 67.8 cm³/mol. The van der Waals surface area contributed by atoms with Crippen LogP contribution < -0.4 is 0 Å². The Morgan fingerprint density at radius 1 is 1.29 bits per heavy atom. The Morgan fingerprint density at radius 3 is 2.59 bits per heavy atom. The van der Waals surface area contributed by atoms with E-state index in [2.05, 4.69) is 13.5 Å². The number of hydrogen-bond acceptors (Lipinski definition) is 3. The molecule has 0 aromatic rings. The van der Waals surface area contributed by atoms with Crippen molar-refractivity contribution in [3.05, 3.63) is 12.7 Å². The van der Waals surface area contributed by atoms with Crippen LogP contribution in [0, 0.1) is 5.92 Å². The zero-order valence-electron chi connectivity index (χ0n) is 10.8. The highest BCUT2D eigenvalue weighted by Gasteiger charge is 2.20. The molecule has 0 saturated heterocycles. The number of hydrogen-bond donors (Lipinski definition) is 0. The summed E-state index contributed by atoms with van der Waals surface area (Å²) in [6, 6.07) is 0. The molecule has 3 nitrogen and oxygen atoms in total.